The predicted molar refractivity (Wildman–Crippen MR) is 120 cm³/mol. The maximum atomic E-state index is 13.0. The zero-order chi connectivity index (χ0) is 22.7. The highest BCUT2D eigenvalue weighted by Gasteiger charge is 2.54. The molecule has 7 heteroatoms. The third-order valence-electron chi connectivity index (χ3n) is 6.55. The lowest BCUT2D eigenvalue weighted by molar-refractivity contribution is -0.134. The van der Waals surface area contributed by atoms with Gasteiger partial charge in [-0.1, -0.05) is 62.2 Å². The van der Waals surface area contributed by atoms with E-state index in [-0.39, 0.29) is 36.5 Å². The summed E-state index contributed by atoms with van der Waals surface area (Å²) in [6, 6.07) is 15.2. The van der Waals surface area contributed by atoms with Crippen LogP contribution >= 0.6 is 0 Å². The Bertz CT molecular complexity index is 1050. The van der Waals surface area contributed by atoms with Crippen molar-refractivity contribution in [1.82, 2.24) is 10.2 Å². The molecule has 2 N–H and O–H groups in total. The van der Waals surface area contributed by atoms with Gasteiger partial charge in [0.15, 0.2) is 5.78 Å². The summed E-state index contributed by atoms with van der Waals surface area (Å²) in [6.45, 7) is 1.99. The number of nitrogens with zero attached hydrogens (tertiary/aromatic N) is 1. The molecule has 2 aliphatic rings. The van der Waals surface area contributed by atoms with Gasteiger partial charge in [-0.25, -0.2) is 4.79 Å². The summed E-state index contributed by atoms with van der Waals surface area (Å²) in [4.78, 5) is 52.2. The average Bonchev–Trinajstić information content (AvgIpc) is 3.04. The van der Waals surface area contributed by atoms with Crippen molar-refractivity contribution in [2.45, 2.75) is 44.6 Å². The second-order valence-electron chi connectivity index (χ2n) is 8.54. The van der Waals surface area contributed by atoms with Crippen LogP contribution in [0.2, 0.25) is 0 Å². The van der Waals surface area contributed by atoms with Crippen molar-refractivity contribution in [3.8, 4) is 0 Å². The van der Waals surface area contributed by atoms with Crippen molar-refractivity contribution in [3.63, 3.8) is 0 Å². The number of amides is 4. The number of carbonyl (C=O) groups is 4. The van der Waals surface area contributed by atoms with Crippen molar-refractivity contribution >= 4 is 29.3 Å². The molecule has 1 aliphatic heterocycles. The van der Waals surface area contributed by atoms with Crippen LogP contribution in [0.1, 0.15) is 54.9 Å². The van der Waals surface area contributed by atoms with Crippen LogP contribution in [0, 0.1) is 5.92 Å². The largest absolute Gasteiger partial charge is 0.325 e. The molecule has 2 aromatic rings. The van der Waals surface area contributed by atoms with Gasteiger partial charge in [0, 0.05) is 24.1 Å². The monoisotopic (exact) mass is 433 g/mol. The maximum absolute atomic E-state index is 13.0. The Morgan fingerprint density at radius 2 is 1.78 bits per heavy atom. The van der Waals surface area contributed by atoms with E-state index in [4.69, 9.17) is 0 Å². The topological polar surface area (TPSA) is 95.6 Å². The van der Waals surface area contributed by atoms with Gasteiger partial charge in [-0.2, -0.15) is 0 Å². The summed E-state index contributed by atoms with van der Waals surface area (Å²) < 4.78 is 0. The lowest BCUT2D eigenvalue weighted by Gasteiger charge is -2.36. The van der Waals surface area contributed by atoms with Gasteiger partial charge in [-0.05, 0) is 30.9 Å². The van der Waals surface area contributed by atoms with Crippen LogP contribution in [0.5, 0.6) is 0 Å². The number of ketones is 1. The van der Waals surface area contributed by atoms with E-state index in [9.17, 15) is 19.2 Å². The van der Waals surface area contributed by atoms with E-state index in [1.165, 1.54) is 0 Å². The van der Waals surface area contributed by atoms with E-state index in [1.807, 2.05) is 13.0 Å². The van der Waals surface area contributed by atoms with Crippen LogP contribution in [-0.4, -0.2) is 40.6 Å². The van der Waals surface area contributed by atoms with Crippen LogP contribution in [0.15, 0.2) is 54.6 Å². The molecule has 32 heavy (non-hydrogen) atoms. The van der Waals surface area contributed by atoms with Gasteiger partial charge >= 0.3 is 6.03 Å². The minimum absolute atomic E-state index is 0.000230. The zero-order valence-corrected chi connectivity index (χ0v) is 18.1. The Morgan fingerprint density at radius 3 is 2.53 bits per heavy atom. The lowest BCUT2D eigenvalue weighted by atomic mass is 9.73. The summed E-state index contributed by atoms with van der Waals surface area (Å²) >= 11 is 0. The van der Waals surface area contributed by atoms with Crippen LogP contribution in [0.4, 0.5) is 10.5 Å². The molecular formula is C25H27N3O4. The Kier molecular flexibility index (Phi) is 6.08. The molecule has 2 fully saturated rings. The third kappa shape index (κ3) is 4.02. The maximum Gasteiger partial charge on any atom is 0.325 e. The van der Waals surface area contributed by atoms with Crippen LogP contribution in [0.25, 0.3) is 0 Å². The second kappa shape index (κ2) is 8.94. The first-order valence-corrected chi connectivity index (χ1v) is 11.0. The molecule has 2 aromatic carbocycles. The predicted octanol–water partition coefficient (Wildman–Crippen LogP) is 3.75. The standard InChI is InChI=1S/C25H27N3O4/c1-17-9-7-8-15-25(17)23(31)28(24(32)27-25)16-14-21(29)26-20-13-6-5-12-19(20)22(30)18-10-3-2-4-11-18/h2-6,10-13,17H,7-9,14-16H2,1H3,(H,26,29)(H,27,32)/t17-,25+/m0/s1. The second-order valence-corrected chi connectivity index (χ2v) is 8.54. The third-order valence-corrected chi connectivity index (χ3v) is 6.55. The molecule has 1 spiro atoms. The molecule has 0 aromatic heterocycles. The molecule has 1 saturated carbocycles. The molecule has 1 aliphatic carbocycles. The molecule has 0 unspecified atom stereocenters. The Labute approximate surface area is 187 Å². The number of nitrogens with one attached hydrogen (secondary N) is 2. The molecule has 4 rings (SSSR count). The smallest absolute Gasteiger partial charge is 0.325 e. The zero-order valence-electron chi connectivity index (χ0n) is 18.1. The number of rotatable bonds is 6. The fourth-order valence-corrected chi connectivity index (χ4v) is 4.66. The number of benzene rings is 2. The highest BCUT2D eigenvalue weighted by Crippen LogP contribution is 2.38. The van der Waals surface area contributed by atoms with E-state index in [2.05, 4.69) is 10.6 Å². The van der Waals surface area contributed by atoms with Crippen molar-refractivity contribution in [2.24, 2.45) is 5.92 Å². The highest BCUT2D eigenvalue weighted by atomic mass is 16.2. The minimum atomic E-state index is -0.833. The van der Waals surface area contributed by atoms with Gasteiger partial charge in [0.2, 0.25) is 5.91 Å². The van der Waals surface area contributed by atoms with Gasteiger partial charge in [-0.15, -0.1) is 0 Å². The number of hydrogen-bond acceptors (Lipinski definition) is 4. The van der Waals surface area contributed by atoms with Crippen molar-refractivity contribution in [1.29, 1.82) is 0 Å². The molecule has 1 heterocycles. The summed E-state index contributed by atoms with van der Waals surface area (Å²) in [5.74, 6) is -0.718. The number of imide groups is 1. The number of anilines is 1. The minimum Gasteiger partial charge on any atom is -0.325 e. The fourth-order valence-electron chi connectivity index (χ4n) is 4.66. The summed E-state index contributed by atoms with van der Waals surface area (Å²) in [5, 5.41) is 5.66. The molecule has 1 saturated heterocycles. The van der Waals surface area contributed by atoms with Crippen molar-refractivity contribution in [3.05, 3.63) is 65.7 Å². The van der Waals surface area contributed by atoms with E-state index >= 15 is 0 Å². The van der Waals surface area contributed by atoms with E-state index in [1.54, 1.807) is 48.5 Å². The van der Waals surface area contributed by atoms with Gasteiger partial charge in [-0.3, -0.25) is 19.3 Å². The first kappa shape index (κ1) is 21.7. The van der Waals surface area contributed by atoms with E-state index < -0.39 is 11.6 Å². The van der Waals surface area contributed by atoms with Crippen molar-refractivity contribution < 1.29 is 19.2 Å². The molecule has 166 valence electrons. The summed E-state index contributed by atoms with van der Waals surface area (Å²) in [6.07, 6.45) is 3.44. The normalized spacial score (nSPS) is 22.7. The van der Waals surface area contributed by atoms with E-state index in [0.717, 1.165) is 24.2 Å². The molecular weight excluding hydrogens is 406 g/mol. The van der Waals surface area contributed by atoms with Crippen LogP contribution in [-0.2, 0) is 9.59 Å². The molecule has 7 nitrogen and oxygen atoms in total. The van der Waals surface area contributed by atoms with Crippen molar-refractivity contribution in [2.75, 3.05) is 11.9 Å². The molecule has 0 radical (unpaired) electrons. The number of para-hydroxylation sites is 1. The fraction of sp³-hybridized carbons (Fsp3) is 0.360. The van der Waals surface area contributed by atoms with Gasteiger partial charge in [0.1, 0.15) is 5.54 Å². The van der Waals surface area contributed by atoms with Gasteiger partial charge < -0.3 is 10.6 Å². The quantitative estimate of drug-likeness (QED) is 0.536. The number of hydrogen-bond donors (Lipinski definition) is 2. The number of carbonyl (C=O) groups excluding carboxylic acids is 4. The van der Waals surface area contributed by atoms with E-state index in [0.29, 0.717) is 23.2 Å². The Hall–Kier alpha value is -3.48. The first-order chi connectivity index (χ1) is 15.4. The average molecular weight is 434 g/mol. The van der Waals surface area contributed by atoms with Crippen LogP contribution < -0.4 is 10.6 Å². The van der Waals surface area contributed by atoms with Gasteiger partial charge in [0.25, 0.3) is 5.91 Å². The lowest BCUT2D eigenvalue weighted by Crippen LogP contribution is -2.54. The summed E-state index contributed by atoms with van der Waals surface area (Å²) in [7, 11) is 0. The SMILES string of the molecule is C[C@H]1CCCC[C@@]12NC(=O)N(CCC(=O)Nc1ccccc1C(=O)c1ccccc1)C2=O. The molecule has 0 bridgehead atoms. The Balaban J connectivity index is 1.42. The van der Waals surface area contributed by atoms with Crippen LogP contribution in [0.3, 0.4) is 0 Å². The highest BCUT2D eigenvalue weighted by molar-refractivity contribution is 6.14. The van der Waals surface area contributed by atoms with Gasteiger partial charge in [0.05, 0.1) is 5.69 Å². The molecule has 2 atom stereocenters. The summed E-state index contributed by atoms with van der Waals surface area (Å²) in [5.41, 5.74) is 0.485. The number of urea groups is 1. The Morgan fingerprint density at radius 1 is 1.06 bits per heavy atom. The first-order valence-electron chi connectivity index (χ1n) is 11.0. The molecule has 4 amide bonds.